The zero-order valence-electron chi connectivity index (χ0n) is 18.5. The normalized spacial score (nSPS) is 13.0. The number of allylic oxidation sites excluding steroid dienone is 1. The lowest BCUT2D eigenvalue weighted by molar-refractivity contribution is -0.143. The minimum absolute atomic E-state index is 0.00561. The molecule has 4 nitrogen and oxygen atoms in total. The second kappa shape index (κ2) is 9.08. The molecule has 0 bridgehead atoms. The third-order valence-corrected chi connectivity index (χ3v) is 4.99. The Hall–Kier alpha value is -3.43. The maximum Gasteiger partial charge on any atom is 0.416 e. The SMILES string of the molecule is CC=COC(C)(C)Cc1cn(C(=O)Nc2cc(C(F)(F)F)cc(C(F)(F)F)c2)c2ccccc12. The molecular formula is C24H22F6N2O2. The lowest BCUT2D eigenvalue weighted by atomic mass is 9.98. The van der Waals surface area contributed by atoms with Crippen LogP contribution in [0, 0.1) is 0 Å². The highest BCUT2D eigenvalue weighted by Crippen LogP contribution is 2.37. The van der Waals surface area contributed by atoms with Crippen LogP contribution < -0.4 is 5.32 Å². The fourth-order valence-corrected chi connectivity index (χ4v) is 3.52. The molecule has 0 spiro atoms. The molecular weight excluding hydrogens is 462 g/mol. The van der Waals surface area contributed by atoms with E-state index in [0.717, 1.165) is 10.1 Å². The van der Waals surface area contributed by atoms with E-state index in [4.69, 9.17) is 4.74 Å². The van der Waals surface area contributed by atoms with Gasteiger partial charge in [0.05, 0.1) is 22.9 Å². The number of carbonyl (C=O) groups is 1. The Bertz CT molecular complexity index is 1190. The van der Waals surface area contributed by atoms with Gasteiger partial charge in [-0.1, -0.05) is 24.3 Å². The molecule has 34 heavy (non-hydrogen) atoms. The van der Waals surface area contributed by atoms with Crippen LogP contribution >= 0.6 is 0 Å². The fourth-order valence-electron chi connectivity index (χ4n) is 3.52. The van der Waals surface area contributed by atoms with Crippen LogP contribution in [0.2, 0.25) is 0 Å². The van der Waals surface area contributed by atoms with E-state index in [1.807, 2.05) is 13.8 Å². The first-order valence-corrected chi connectivity index (χ1v) is 10.2. The number of alkyl halides is 6. The van der Waals surface area contributed by atoms with Gasteiger partial charge in [-0.05, 0) is 50.6 Å². The molecule has 0 aliphatic heterocycles. The maximum atomic E-state index is 13.2. The summed E-state index contributed by atoms with van der Waals surface area (Å²) in [7, 11) is 0. The quantitative estimate of drug-likeness (QED) is 0.299. The number of nitrogens with one attached hydrogen (secondary N) is 1. The molecule has 0 saturated carbocycles. The van der Waals surface area contributed by atoms with Crippen LogP contribution in [0.15, 0.2) is 61.0 Å². The average molecular weight is 484 g/mol. The van der Waals surface area contributed by atoms with Crippen molar-refractivity contribution in [1.82, 2.24) is 4.57 Å². The number of anilines is 1. The van der Waals surface area contributed by atoms with Gasteiger partial charge in [0.25, 0.3) is 0 Å². The van der Waals surface area contributed by atoms with Gasteiger partial charge in [-0.15, -0.1) is 0 Å². The number of nitrogens with zero attached hydrogens (tertiary/aromatic N) is 1. The molecule has 0 radical (unpaired) electrons. The summed E-state index contributed by atoms with van der Waals surface area (Å²) in [5, 5.41) is 2.87. The van der Waals surface area contributed by atoms with E-state index in [1.54, 1.807) is 37.3 Å². The van der Waals surface area contributed by atoms with E-state index in [1.165, 1.54) is 12.5 Å². The summed E-state index contributed by atoms with van der Waals surface area (Å²) < 4.78 is 85.8. The third kappa shape index (κ3) is 5.73. The van der Waals surface area contributed by atoms with Gasteiger partial charge in [-0.25, -0.2) is 4.79 Å². The summed E-state index contributed by atoms with van der Waals surface area (Å²) in [6.45, 7) is 5.49. The van der Waals surface area contributed by atoms with Crippen LogP contribution in [-0.2, 0) is 23.5 Å². The summed E-state index contributed by atoms with van der Waals surface area (Å²) in [6, 6.07) is 6.87. The monoisotopic (exact) mass is 484 g/mol. The molecule has 10 heteroatoms. The standard InChI is InChI=1S/C24H22F6N2O2/c1-4-9-34-22(2,3)13-15-14-32(20-8-6-5-7-19(15)20)21(33)31-18-11-16(23(25,26)27)10-17(12-18)24(28,29)30/h4-12,14H,13H2,1-3H3,(H,31,33). The van der Waals surface area contributed by atoms with Crippen LogP contribution in [-0.4, -0.2) is 16.2 Å². The minimum Gasteiger partial charge on any atom is -0.495 e. The van der Waals surface area contributed by atoms with E-state index < -0.39 is 40.8 Å². The lowest BCUT2D eigenvalue weighted by Gasteiger charge is -2.24. The van der Waals surface area contributed by atoms with E-state index >= 15 is 0 Å². The molecule has 0 saturated heterocycles. The van der Waals surface area contributed by atoms with Crippen LogP contribution in [0.3, 0.4) is 0 Å². The van der Waals surface area contributed by atoms with Crippen LogP contribution in [0.25, 0.3) is 10.9 Å². The molecule has 182 valence electrons. The Morgan fingerprint density at radius 2 is 1.59 bits per heavy atom. The van der Waals surface area contributed by atoms with Crippen LogP contribution in [0.1, 0.15) is 37.5 Å². The third-order valence-electron chi connectivity index (χ3n) is 4.99. The fraction of sp³-hybridized carbons (Fsp3) is 0.292. The second-order valence-electron chi connectivity index (χ2n) is 8.29. The van der Waals surface area contributed by atoms with Crippen molar-refractivity contribution in [2.45, 2.75) is 45.1 Å². The van der Waals surface area contributed by atoms with Crippen molar-refractivity contribution in [3.8, 4) is 0 Å². The number of hydrogen-bond donors (Lipinski definition) is 1. The van der Waals surface area contributed by atoms with Crippen molar-refractivity contribution < 1.29 is 35.9 Å². The Balaban J connectivity index is 2.00. The van der Waals surface area contributed by atoms with Crippen molar-refractivity contribution in [3.63, 3.8) is 0 Å². The second-order valence-corrected chi connectivity index (χ2v) is 8.29. The topological polar surface area (TPSA) is 43.3 Å². The smallest absolute Gasteiger partial charge is 0.416 e. The number of rotatable bonds is 5. The molecule has 1 heterocycles. The Kier molecular flexibility index (Phi) is 6.73. The van der Waals surface area contributed by atoms with Crippen molar-refractivity contribution >= 4 is 22.6 Å². The summed E-state index contributed by atoms with van der Waals surface area (Å²) in [6.07, 6.45) is -4.89. The van der Waals surface area contributed by atoms with Crippen LogP contribution in [0.4, 0.5) is 36.8 Å². The van der Waals surface area contributed by atoms with Gasteiger partial charge in [0, 0.05) is 23.7 Å². The first-order valence-electron chi connectivity index (χ1n) is 10.2. The van der Waals surface area contributed by atoms with Gasteiger partial charge >= 0.3 is 18.4 Å². The molecule has 2 aromatic carbocycles. The van der Waals surface area contributed by atoms with Gasteiger partial charge in [0.1, 0.15) is 5.60 Å². The van der Waals surface area contributed by atoms with Crippen molar-refractivity contribution in [2.24, 2.45) is 0 Å². The molecule has 0 atom stereocenters. The number of amides is 1. The van der Waals surface area contributed by atoms with Crippen molar-refractivity contribution in [3.05, 3.63) is 77.7 Å². The molecule has 1 amide bonds. The molecule has 1 aromatic heterocycles. The highest BCUT2D eigenvalue weighted by Gasteiger charge is 2.37. The van der Waals surface area contributed by atoms with Crippen molar-refractivity contribution in [2.75, 3.05) is 5.32 Å². The Morgan fingerprint density at radius 3 is 2.15 bits per heavy atom. The van der Waals surface area contributed by atoms with E-state index in [9.17, 15) is 31.1 Å². The highest BCUT2D eigenvalue weighted by molar-refractivity contribution is 5.99. The number of ether oxygens (including phenoxy) is 1. The predicted molar refractivity (Wildman–Crippen MR) is 116 cm³/mol. The molecule has 0 unspecified atom stereocenters. The largest absolute Gasteiger partial charge is 0.495 e. The molecule has 3 aromatic rings. The first kappa shape index (κ1) is 25.2. The molecule has 1 N–H and O–H groups in total. The van der Waals surface area contributed by atoms with Crippen molar-refractivity contribution in [1.29, 1.82) is 0 Å². The number of fused-ring (bicyclic) bond motifs is 1. The lowest BCUT2D eigenvalue weighted by Crippen LogP contribution is -2.25. The number of carbonyl (C=O) groups excluding carboxylic acids is 1. The van der Waals surface area contributed by atoms with Crippen LogP contribution in [0.5, 0.6) is 0 Å². The van der Waals surface area contributed by atoms with Gasteiger partial charge in [0.15, 0.2) is 0 Å². The summed E-state index contributed by atoms with van der Waals surface area (Å²) in [5.74, 6) is 0. The van der Waals surface area contributed by atoms with Gasteiger partial charge in [-0.2, -0.15) is 26.3 Å². The number of para-hydroxylation sites is 1. The maximum absolute atomic E-state index is 13.2. The van der Waals surface area contributed by atoms with Gasteiger partial charge in [-0.3, -0.25) is 4.57 Å². The Labute approximate surface area is 191 Å². The number of halogens is 6. The molecule has 0 aliphatic carbocycles. The summed E-state index contributed by atoms with van der Waals surface area (Å²) in [5.41, 5.74) is -3.12. The number of benzene rings is 2. The van der Waals surface area contributed by atoms with E-state index in [2.05, 4.69) is 5.32 Å². The summed E-state index contributed by atoms with van der Waals surface area (Å²) >= 11 is 0. The van der Waals surface area contributed by atoms with Gasteiger partial charge in [0.2, 0.25) is 0 Å². The van der Waals surface area contributed by atoms with E-state index in [0.29, 0.717) is 29.5 Å². The van der Waals surface area contributed by atoms with Gasteiger partial charge < -0.3 is 10.1 Å². The zero-order valence-corrected chi connectivity index (χ0v) is 18.5. The summed E-state index contributed by atoms with van der Waals surface area (Å²) in [4.78, 5) is 12.9. The number of aromatic nitrogens is 1. The number of hydrogen-bond acceptors (Lipinski definition) is 2. The zero-order chi connectivity index (χ0) is 25.3. The van der Waals surface area contributed by atoms with E-state index in [-0.39, 0.29) is 6.07 Å². The first-order chi connectivity index (χ1) is 15.7. The molecule has 0 fully saturated rings. The Morgan fingerprint density at radius 1 is 1.00 bits per heavy atom. The molecule has 0 aliphatic rings. The predicted octanol–water partition coefficient (Wildman–Crippen LogP) is 7.63. The highest BCUT2D eigenvalue weighted by atomic mass is 19.4. The molecule has 3 rings (SSSR count). The average Bonchev–Trinajstić information content (AvgIpc) is 3.09. The minimum atomic E-state index is -5.02.